The number of methoxy groups -OCH3 is 1. The lowest BCUT2D eigenvalue weighted by Gasteiger charge is -2.23. The van der Waals surface area contributed by atoms with Crippen LogP contribution in [0.1, 0.15) is 26.2 Å². The van der Waals surface area contributed by atoms with Crippen LogP contribution in [-0.4, -0.2) is 38.0 Å². The molecule has 4 heteroatoms. The molecule has 0 bridgehead atoms. The zero-order chi connectivity index (χ0) is 14.3. The van der Waals surface area contributed by atoms with Gasteiger partial charge in [-0.25, -0.2) is 0 Å². The van der Waals surface area contributed by atoms with E-state index in [0.29, 0.717) is 0 Å². The number of unbranched alkanes of at least 4 members (excludes halogenated alkanes) is 1. The fourth-order valence-electron chi connectivity index (χ4n) is 1.92. The molecule has 0 spiro atoms. The molecule has 19 heavy (non-hydrogen) atoms. The molecule has 1 aromatic carbocycles. The predicted molar refractivity (Wildman–Crippen MR) is 79.8 cm³/mol. The second-order valence-electron chi connectivity index (χ2n) is 5.39. The first-order valence-electron chi connectivity index (χ1n) is 6.73. The van der Waals surface area contributed by atoms with E-state index in [-0.39, 0.29) is 6.61 Å². The lowest BCUT2D eigenvalue weighted by molar-refractivity contribution is 0.197. The average molecular weight is 266 g/mol. The van der Waals surface area contributed by atoms with Crippen LogP contribution >= 0.6 is 0 Å². The van der Waals surface area contributed by atoms with E-state index in [0.717, 1.165) is 31.6 Å². The van der Waals surface area contributed by atoms with E-state index in [4.69, 9.17) is 15.6 Å². The third-order valence-corrected chi connectivity index (χ3v) is 3.37. The van der Waals surface area contributed by atoms with Gasteiger partial charge in [-0.3, -0.25) is 0 Å². The lowest BCUT2D eigenvalue weighted by Crippen LogP contribution is -2.40. The fraction of sp³-hybridized carbons (Fsp3) is 0.600. The Bertz CT molecular complexity index is 363. The minimum Gasteiger partial charge on any atom is -0.497 e. The van der Waals surface area contributed by atoms with E-state index in [1.807, 2.05) is 19.1 Å². The van der Waals surface area contributed by atoms with Crippen LogP contribution in [0.25, 0.3) is 0 Å². The van der Waals surface area contributed by atoms with E-state index in [1.54, 1.807) is 7.11 Å². The number of aliphatic hydroxyl groups is 1. The topological polar surface area (TPSA) is 58.7 Å². The van der Waals surface area contributed by atoms with E-state index < -0.39 is 5.54 Å². The maximum Gasteiger partial charge on any atom is 0.119 e. The smallest absolute Gasteiger partial charge is 0.119 e. The van der Waals surface area contributed by atoms with Crippen molar-refractivity contribution in [3.8, 4) is 5.75 Å². The van der Waals surface area contributed by atoms with E-state index in [9.17, 15) is 0 Å². The van der Waals surface area contributed by atoms with Gasteiger partial charge in [-0.1, -0.05) is 0 Å². The number of benzene rings is 1. The largest absolute Gasteiger partial charge is 0.497 e. The van der Waals surface area contributed by atoms with Crippen molar-refractivity contribution in [2.24, 2.45) is 5.73 Å². The highest BCUT2D eigenvalue weighted by Crippen LogP contribution is 2.19. The van der Waals surface area contributed by atoms with Crippen LogP contribution in [0.15, 0.2) is 24.3 Å². The van der Waals surface area contributed by atoms with E-state index in [1.165, 1.54) is 5.69 Å². The molecule has 4 nitrogen and oxygen atoms in total. The molecule has 0 fully saturated rings. The summed E-state index contributed by atoms with van der Waals surface area (Å²) in [7, 11) is 3.75. The lowest BCUT2D eigenvalue weighted by atomic mass is 9.97. The SMILES string of the molecule is COc1ccc(N(C)CCCCC(C)(N)CO)cc1. The molecule has 3 N–H and O–H groups in total. The van der Waals surface area contributed by atoms with Crippen molar-refractivity contribution >= 4 is 5.69 Å². The van der Waals surface area contributed by atoms with Crippen LogP contribution in [0.2, 0.25) is 0 Å². The molecule has 1 atom stereocenters. The van der Waals surface area contributed by atoms with Crippen LogP contribution < -0.4 is 15.4 Å². The Morgan fingerprint density at radius 2 is 1.89 bits per heavy atom. The number of aliphatic hydroxyl groups excluding tert-OH is 1. The molecule has 0 amide bonds. The van der Waals surface area contributed by atoms with Crippen molar-refractivity contribution in [2.75, 3.05) is 32.2 Å². The molecule has 0 saturated carbocycles. The molecule has 0 aliphatic carbocycles. The highest BCUT2D eigenvalue weighted by molar-refractivity contribution is 5.48. The van der Waals surface area contributed by atoms with Gasteiger partial charge in [-0.15, -0.1) is 0 Å². The third-order valence-electron chi connectivity index (χ3n) is 3.37. The Hall–Kier alpha value is -1.26. The summed E-state index contributed by atoms with van der Waals surface area (Å²) in [5, 5.41) is 9.08. The first kappa shape index (κ1) is 15.8. The van der Waals surface area contributed by atoms with Gasteiger partial charge in [-0.05, 0) is 50.5 Å². The monoisotopic (exact) mass is 266 g/mol. The molecule has 1 aromatic rings. The number of hydrogen-bond donors (Lipinski definition) is 2. The zero-order valence-electron chi connectivity index (χ0n) is 12.2. The van der Waals surface area contributed by atoms with Crippen molar-refractivity contribution in [1.29, 1.82) is 0 Å². The van der Waals surface area contributed by atoms with Gasteiger partial charge in [0.1, 0.15) is 5.75 Å². The quantitative estimate of drug-likeness (QED) is 0.707. The minimum atomic E-state index is -0.446. The van der Waals surface area contributed by atoms with Crippen molar-refractivity contribution in [1.82, 2.24) is 0 Å². The minimum absolute atomic E-state index is 0.0430. The molecular formula is C15H26N2O2. The highest BCUT2D eigenvalue weighted by atomic mass is 16.5. The van der Waals surface area contributed by atoms with Gasteiger partial charge in [-0.2, -0.15) is 0 Å². The molecule has 1 rings (SSSR count). The molecule has 0 heterocycles. The highest BCUT2D eigenvalue weighted by Gasteiger charge is 2.15. The Morgan fingerprint density at radius 3 is 2.42 bits per heavy atom. The Morgan fingerprint density at radius 1 is 1.26 bits per heavy atom. The second-order valence-corrected chi connectivity index (χ2v) is 5.39. The number of anilines is 1. The molecular weight excluding hydrogens is 240 g/mol. The Kier molecular flexibility index (Phi) is 6.12. The predicted octanol–water partition coefficient (Wildman–Crippen LogP) is 2.01. The number of rotatable bonds is 8. The summed E-state index contributed by atoms with van der Waals surface area (Å²) in [5.41, 5.74) is 6.63. The molecule has 0 aromatic heterocycles. The Balaban J connectivity index is 2.32. The summed E-state index contributed by atoms with van der Waals surface area (Å²) >= 11 is 0. The fourth-order valence-corrected chi connectivity index (χ4v) is 1.92. The van der Waals surface area contributed by atoms with Gasteiger partial charge in [0.2, 0.25) is 0 Å². The van der Waals surface area contributed by atoms with Gasteiger partial charge in [0.15, 0.2) is 0 Å². The summed E-state index contributed by atoms with van der Waals surface area (Å²) < 4.78 is 5.14. The van der Waals surface area contributed by atoms with Crippen LogP contribution in [0.5, 0.6) is 5.75 Å². The van der Waals surface area contributed by atoms with Crippen molar-refractivity contribution in [2.45, 2.75) is 31.7 Å². The number of hydrogen-bond acceptors (Lipinski definition) is 4. The van der Waals surface area contributed by atoms with Gasteiger partial charge in [0.25, 0.3) is 0 Å². The van der Waals surface area contributed by atoms with Crippen LogP contribution in [0.3, 0.4) is 0 Å². The summed E-state index contributed by atoms with van der Waals surface area (Å²) in [5.74, 6) is 0.874. The van der Waals surface area contributed by atoms with Gasteiger partial charge < -0.3 is 20.5 Å². The molecule has 1 unspecified atom stereocenters. The molecule has 108 valence electrons. The summed E-state index contributed by atoms with van der Waals surface area (Å²) in [4.78, 5) is 2.21. The second kappa shape index (κ2) is 7.36. The van der Waals surface area contributed by atoms with Crippen LogP contribution in [0, 0.1) is 0 Å². The first-order chi connectivity index (χ1) is 8.98. The summed E-state index contributed by atoms with van der Waals surface area (Å²) in [6.45, 7) is 2.91. The van der Waals surface area contributed by atoms with Crippen molar-refractivity contribution in [3.05, 3.63) is 24.3 Å². The van der Waals surface area contributed by atoms with Gasteiger partial charge in [0, 0.05) is 24.8 Å². The molecule has 0 aliphatic rings. The maximum absolute atomic E-state index is 9.08. The maximum atomic E-state index is 9.08. The molecule has 0 saturated heterocycles. The van der Waals surface area contributed by atoms with Crippen LogP contribution in [-0.2, 0) is 0 Å². The van der Waals surface area contributed by atoms with Crippen molar-refractivity contribution < 1.29 is 9.84 Å². The Labute approximate surface area is 116 Å². The average Bonchev–Trinajstić information content (AvgIpc) is 2.43. The number of ether oxygens (including phenoxy) is 1. The number of nitrogens with two attached hydrogens (primary N) is 1. The molecule has 0 radical (unpaired) electrons. The summed E-state index contributed by atoms with van der Waals surface area (Å²) in [6.07, 6.45) is 2.93. The third kappa shape index (κ3) is 5.49. The standard InChI is InChI=1S/C15H26N2O2/c1-15(16,12-18)10-4-5-11-17(2)13-6-8-14(19-3)9-7-13/h6-9,18H,4-5,10-12,16H2,1-3H3. The summed E-state index contributed by atoms with van der Waals surface area (Å²) in [6, 6.07) is 8.04. The van der Waals surface area contributed by atoms with Gasteiger partial charge >= 0.3 is 0 Å². The first-order valence-corrected chi connectivity index (χ1v) is 6.73. The zero-order valence-corrected chi connectivity index (χ0v) is 12.2. The normalized spacial score (nSPS) is 13.9. The number of nitrogens with zero attached hydrogens (tertiary/aromatic N) is 1. The van der Waals surface area contributed by atoms with E-state index in [2.05, 4.69) is 24.1 Å². The molecule has 0 aliphatic heterocycles. The van der Waals surface area contributed by atoms with Crippen molar-refractivity contribution in [3.63, 3.8) is 0 Å². The van der Waals surface area contributed by atoms with Gasteiger partial charge in [0.05, 0.1) is 13.7 Å². The van der Waals surface area contributed by atoms with Crippen LogP contribution in [0.4, 0.5) is 5.69 Å². The van der Waals surface area contributed by atoms with E-state index >= 15 is 0 Å².